The number of nitrogens with zero attached hydrogens (tertiary/aromatic N) is 2. The van der Waals surface area contributed by atoms with Gasteiger partial charge in [-0.25, -0.2) is 0 Å². The Bertz CT molecular complexity index is 320. The van der Waals surface area contributed by atoms with Crippen molar-refractivity contribution in [1.82, 2.24) is 15.1 Å². The summed E-state index contributed by atoms with van der Waals surface area (Å²) in [5.74, 6) is 0.684. The van der Waals surface area contributed by atoms with Gasteiger partial charge in [0.15, 0.2) is 0 Å². The molecule has 0 saturated carbocycles. The zero-order valence-corrected chi connectivity index (χ0v) is 11.5. The molecule has 0 aliphatic rings. The summed E-state index contributed by atoms with van der Waals surface area (Å²) in [5, 5.41) is 7.82. The van der Waals surface area contributed by atoms with E-state index in [0.29, 0.717) is 5.92 Å². The molecule has 1 aromatic rings. The number of nitrogens with one attached hydrogen (secondary N) is 1. The second kappa shape index (κ2) is 7.45. The minimum absolute atomic E-state index is 0.684. The molecule has 0 saturated heterocycles. The molecule has 1 aromatic heterocycles. The maximum atomic E-state index is 5.34. The van der Waals surface area contributed by atoms with Gasteiger partial charge < -0.3 is 10.1 Å². The van der Waals surface area contributed by atoms with E-state index in [2.05, 4.69) is 31.2 Å². The molecule has 1 N–H and O–H groups in total. The molecule has 0 unspecified atom stereocenters. The Balaban J connectivity index is 2.40. The Labute approximate surface area is 104 Å². The van der Waals surface area contributed by atoms with Crippen LogP contribution in [-0.2, 0) is 17.8 Å². The summed E-state index contributed by atoms with van der Waals surface area (Å²) in [6.07, 6.45) is 1.95. The van der Waals surface area contributed by atoms with Crippen LogP contribution in [0.3, 0.4) is 0 Å². The molecule has 0 aromatic carbocycles. The van der Waals surface area contributed by atoms with Crippen molar-refractivity contribution in [3.8, 4) is 0 Å². The highest BCUT2D eigenvalue weighted by atomic mass is 16.5. The molecule has 98 valence electrons. The van der Waals surface area contributed by atoms with Crippen LogP contribution in [0.1, 0.15) is 32.0 Å². The van der Waals surface area contributed by atoms with Crippen LogP contribution in [0.5, 0.6) is 0 Å². The van der Waals surface area contributed by atoms with Gasteiger partial charge >= 0.3 is 0 Å². The summed E-state index contributed by atoms with van der Waals surface area (Å²) in [5.41, 5.74) is 2.52. The van der Waals surface area contributed by atoms with E-state index in [1.807, 2.05) is 17.8 Å². The van der Waals surface area contributed by atoms with Crippen molar-refractivity contribution in [1.29, 1.82) is 0 Å². The summed E-state index contributed by atoms with van der Waals surface area (Å²) in [4.78, 5) is 0. The van der Waals surface area contributed by atoms with E-state index < -0.39 is 0 Å². The molecule has 0 amide bonds. The second-order valence-electron chi connectivity index (χ2n) is 4.70. The van der Waals surface area contributed by atoms with Gasteiger partial charge in [-0.2, -0.15) is 5.10 Å². The highest BCUT2D eigenvalue weighted by Crippen LogP contribution is 2.07. The topological polar surface area (TPSA) is 39.1 Å². The molecule has 0 atom stereocenters. The summed E-state index contributed by atoms with van der Waals surface area (Å²) >= 11 is 0. The standard InChI is InChI=1S/C13H25N3O/c1-5-17-7-6-16-12(4)13(10-15-16)9-14-8-11(2)3/h10-11,14H,5-9H2,1-4H3. The number of rotatable bonds is 8. The summed E-state index contributed by atoms with van der Waals surface area (Å²) in [6.45, 7) is 12.8. The lowest BCUT2D eigenvalue weighted by atomic mass is 10.2. The maximum absolute atomic E-state index is 5.34. The molecular formula is C13H25N3O. The van der Waals surface area contributed by atoms with Crippen LogP contribution in [0.2, 0.25) is 0 Å². The lowest BCUT2D eigenvalue weighted by molar-refractivity contribution is 0.136. The third-order valence-corrected chi connectivity index (χ3v) is 2.72. The van der Waals surface area contributed by atoms with E-state index in [4.69, 9.17) is 4.74 Å². The van der Waals surface area contributed by atoms with Gasteiger partial charge in [0.2, 0.25) is 0 Å². The fourth-order valence-corrected chi connectivity index (χ4v) is 1.68. The molecule has 17 heavy (non-hydrogen) atoms. The number of hydrogen-bond acceptors (Lipinski definition) is 3. The molecule has 0 radical (unpaired) electrons. The molecule has 4 heteroatoms. The van der Waals surface area contributed by atoms with Gasteiger partial charge in [0.25, 0.3) is 0 Å². The van der Waals surface area contributed by atoms with Crippen LogP contribution in [0, 0.1) is 12.8 Å². The number of aromatic nitrogens is 2. The predicted molar refractivity (Wildman–Crippen MR) is 70.0 cm³/mol. The van der Waals surface area contributed by atoms with Crippen LogP contribution in [0.15, 0.2) is 6.20 Å². The van der Waals surface area contributed by atoms with E-state index in [-0.39, 0.29) is 0 Å². The van der Waals surface area contributed by atoms with Gasteiger partial charge in [-0.15, -0.1) is 0 Å². The fraction of sp³-hybridized carbons (Fsp3) is 0.769. The highest BCUT2D eigenvalue weighted by Gasteiger charge is 2.05. The summed E-state index contributed by atoms with van der Waals surface area (Å²) < 4.78 is 7.35. The molecule has 0 fully saturated rings. The minimum atomic E-state index is 0.684. The Morgan fingerprint density at radius 1 is 1.47 bits per heavy atom. The van der Waals surface area contributed by atoms with Crippen LogP contribution >= 0.6 is 0 Å². The van der Waals surface area contributed by atoms with Crippen molar-refractivity contribution in [2.75, 3.05) is 19.8 Å². The van der Waals surface area contributed by atoms with Gasteiger partial charge in [0, 0.05) is 24.4 Å². The molecule has 0 aliphatic heterocycles. The average Bonchev–Trinajstić information content (AvgIpc) is 2.61. The molecule has 1 rings (SSSR count). The summed E-state index contributed by atoms with van der Waals surface area (Å²) in [6, 6.07) is 0. The smallest absolute Gasteiger partial charge is 0.0662 e. The van der Waals surface area contributed by atoms with Gasteiger partial charge in [0.05, 0.1) is 19.3 Å². The molecule has 0 bridgehead atoms. The normalized spacial score (nSPS) is 11.4. The summed E-state index contributed by atoms with van der Waals surface area (Å²) in [7, 11) is 0. The third-order valence-electron chi connectivity index (χ3n) is 2.72. The van der Waals surface area contributed by atoms with Crippen molar-refractivity contribution in [3.63, 3.8) is 0 Å². The molecule has 4 nitrogen and oxygen atoms in total. The molecule has 0 spiro atoms. The Kier molecular flexibility index (Phi) is 6.22. The maximum Gasteiger partial charge on any atom is 0.0662 e. The first kappa shape index (κ1) is 14.2. The predicted octanol–water partition coefficient (Wildman–Crippen LogP) is 1.97. The van der Waals surface area contributed by atoms with Crippen molar-refractivity contribution >= 4 is 0 Å². The molecule has 1 heterocycles. The van der Waals surface area contributed by atoms with Crippen LogP contribution in [0.4, 0.5) is 0 Å². The zero-order chi connectivity index (χ0) is 12.7. The highest BCUT2D eigenvalue weighted by molar-refractivity contribution is 5.15. The Hall–Kier alpha value is -0.870. The molecule has 0 aliphatic carbocycles. The number of ether oxygens (including phenoxy) is 1. The first-order chi connectivity index (χ1) is 8.15. The zero-order valence-electron chi connectivity index (χ0n) is 11.5. The van der Waals surface area contributed by atoms with Gasteiger partial charge in [-0.3, -0.25) is 4.68 Å². The Morgan fingerprint density at radius 3 is 2.88 bits per heavy atom. The SMILES string of the molecule is CCOCCn1ncc(CNCC(C)C)c1C. The fourth-order valence-electron chi connectivity index (χ4n) is 1.68. The van der Waals surface area contributed by atoms with Gasteiger partial charge in [0.1, 0.15) is 0 Å². The van der Waals surface area contributed by atoms with Gasteiger partial charge in [-0.05, 0) is 26.3 Å². The van der Waals surface area contributed by atoms with Crippen LogP contribution < -0.4 is 5.32 Å². The second-order valence-corrected chi connectivity index (χ2v) is 4.70. The monoisotopic (exact) mass is 239 g/mol. The number of hydrogen-bond donors (Lipinski definition) is 1. The van der Waals surface area contributed by atoms with E-state index >= 15 is 0 Å². The first-order valence-corrected chi connectivity index (χ1v) is 6.44. The van der Waals surface area contributed by atoms with Crippen LogP contribution in [0.25, 0.3) is 0 Å². The average molecular weight is 239 g/mol. The molecular weight excluding hydrogens is 214 g/mol. The van der Waals surface area contributed by atoms with E-state index in [0.717, 1.165) is 32.8 Å². The lowest BCUT2D eigenvalue weighted by Crippen LogP contribution is -2.19. The van der Waals surface area contributed by atoms with Crippen molar-refractivity contribution in [2.24, 2.45) is 5.92 Å². The lowest BCUT2D eigenvalue weighted by Gasteiger charge is -2.08. The van der Waals surface area contributed by atoms with E-state index in [1.165, 1.54) is 11.3 Å². The van der Waals surface area contributed by atoms with Crippen molar-refractivity contribution in [2.45, 2.75) is 40.8 Å². The first-order valence-electron chi connectivity index (χ1n) is 6.44. The third kappa shape index (κ3) is 4.88. The van der Waals surface area contributed by atoms with E-state index in [1.54, 1.807) is 0 Å². The van der Waals surface area contributed by atoms with Crippen molar-refractivity contribution in [3.05, 3.63) is 17.5 Å². The Morgan fingerprint density at radius 2 is 2.24 bits per heavy atom. The quantitative estimate of drug-likeness (QED) is 0.705. The minimum Gasteiger partial charge on any atom is -0.380 e. The largest absolute Gasteiger partial charge is 0.380 e. The van der Waals surface area contributed by atoms with Crippen molar-refractivity contribution < 1.29 is 4.74 Å². The van der Waals surface area contributed by atoms with Gasteiger partial charge in [-0.1, -0.05) is 13.8 Å². The van der Waals surface area contributed by atoms with E-state index in [9.17, 15) is 0 Å². The van der Waals surface area contributed by atoms with Crippen LogP contribution in [-0.4, -0.2) is 29.5 Å².